The van der Waals surface area contributed by atoms with Crippen LogP contribution in [0.1, 0.15) is 30.4 Å². The third-order valence-corrected chi connectivity index (χ3v) is 4.25. The Labute approximate surface area is 109 Å². The molecule has 0 unspecified atom stereocenters. The highest BCUT2D eigenvalue weighted by Crippen LogP contribution is 2.46. The third-order valence-electron chi connectivity index (χ3n) is 3.96. The second-order valence-corrected chi connectivity index (χ2v) is 5.37. The fourth-order valence-electron chi connectivity index (χ4n) is 2.73. The van der Waals surface area contributed by atoms with E-state index in [9.17, 15) is 14.7 Å². The molecule has 0 atom stereocenters. The number of rotatable bonds is 2. The Morgan fingerprint density at radius 2 is 2.11 bits per heavy atom. The van der Waals surface area contributed by atoms with Crippen molar-refractivity contribution in [2.45, 2.75) is 31.1 Å². The first-order valence-corrected chi connectivity index (χ1v) is 6.27. The molecule has 1 saturated carbocycles. The lowest BCUT2D eigenvalue weighted by Gasteiger charge is -2.38. The first kappa shape index (κ1) is 11.5. The van der Waals surface area contributed by atoms with Crippen LogP contribution in [0.25, 0.3) is 0 Å². The number of hydrogen-bond acceptors (Lipinski definition) is 2. The minimum Gasteiger partial charge on any atom is -0.481 e. The number of anilines is 1. The molecule has 0 saturated heterocycles. The summed E-state index contributed by atoms with van der Waals surface area (Å²) in [6.07, 6.45) is 2.47. The van der Waals surface area contributed by atoms with Gasteiger partial charge in [-0.3, -0.25) is 9.59 Å². The highest BCUT2D eigenvalue weighted by atomic mass is 35.5. The van der Waals surface area contributed by atoms with Crippen LogP contribution in [0.4, 0.5) is 5.69 Å². The summed E-state index contributed by atoms with van der Waals surface area (Å²) >= 11 is 6.12. The monoisotopic (exact) mass is 265 g/mol. The molecular weight excluding hydrogens is 254 g/mol. The van der Waals surface area contributed by atoms with Crippen LogP contribution in [0.2, 0.25) is 5.02 Å². The zero-order valence-electron chi connectivity index (χ0n) is 9.62. The fourth-order valence-corrected chi connectivity index (χ4v) is 3.02. The molecule has 3 rings (SSSR count). The maximum absolute atomic E-state index is 11.5. The van der Waals surface area contributed by atoms with Gasteiger partial charge < -0.3 is 10.4 Å². The van der Waals surface area contributed by atoms with Crippen LogP contribution in [0.3, 0.4) is 0 Å². The molecule has 2 aliphatic rings. The largest absolute Gasteiger partial charge is 0.481 e. The van der Waals surface area contributed by atoms with Crippen LogP contribution in [0.15, 0.2) is 12.1 Å². The van der Waals surface area contributed by atoms with Gasteiger partial charge in [0.25, 0.3) is 0 Å². The zero-order valence-corrected chi connectivity index (χ0v) is 10.4. The minimum absolute atomic E-state index is 0.0953. The molecule has 1 aromatic carbocycles. The molecule has 5 heteroatoms. The summed E-state index contributed by atoms with van der Waals surface area (Å²) in [5.74, 6) is -0.899. The fraction of sp³-hybridized carbons (Fsp3) is 0.385. The van der Waals surface area contributed by atoms with Gasteiger partial charge in [-0.25, -0.2) is 0 Å². The number of carboxylic acid groups (broad SMARTS) is 1. The maximum atomic E-state index is 11.5. The highest BCUT2D eigenvalue weighted by Gasteiger charge is 2.46. The molecule has 4 nitrogen and oxygen atoms in total. The number of nitrogens with one attached hydrogen (secondary N) is 1. The zero-order chi connectivity index (χ0) is 12.9. The molecule has 0 aromatic heterocycles. The van der Waals surface area contributed by atoms with Crippen molar-refractivity contribution in [3.05, 3.63) is 28.3 Å². The number of benzene rings is 1. The average molecular weight is 266 g/mol. The third kappa shape index (κ3) is 1.45. The number of carbonyl (C=O) groups is 2. The number of carbonyl (C=O) groups excluding carboxylic acids is 1. The quantitative estimate of drug-likeness (QED) is 0.863. The lowest BCUT2D eigenvalue weighted by atomic mass is 9.64. The minimum atomic E-state index is -0.804. The van der Waals surface area contributed by atoms with E-state index in [2.05, 4.69) is 5.32 Å². The first-order chi connectivity index (χ1) is 8.53. The molecule has 1 amide bonds. The van der Waals surface area contributed by atoms with E-state index >= 15 is 0 Å². The lowest BCUT2D eigenvalue weighted by Crippen LogP contribution is -2.42. The van der Waals surface area contributed by atoms with Crippen LogP contribution in [0, 0.1) is 0 Å². The molecule has 1 aliphatic heterocycles. The Bertz CT molecular complexity index is 564. The normalized spacial score (nSPS) is 19.9. The van der Waals surface area contributed by atoms with Crippen LogP contribution in [-0.2, 0) is 21.4 Å². The number of aliphatic carboxylic acids is 1. The van der Waals surface area contributed by atoms with Gasteiger partial charge in [0.05, 0.1) is 22.5 Å². The van der Waals surface area contributed by atoms with Gasteiger partial charge in [-0.1, -0.05) is 24.1 Å². The molecule has 0 bridgehead atoms. The van der Waals surface area contributed by atoms with Crippen molar-refractivity contribution < 1.29 is 14.7 Å². The molecule has 1 aliphatic carbocycles. The molecule has 18 heavy (non-hydrogen) atoms. The van der Waals surface area contributed by atoms with Crippen LogP contribution < -0.4 is 5.32 Å². The molecule has 0 radical (unpaired) electrons. The van der Waals surface area contributed by atoms with E-state index in [1.165, 1.54) is 0 Å². The van der Waals surface area contributed by atoms with Gasteiger partial charge in [-0.05, 0) is 30.0 Å². The predicted molar refractivity (Wildman–Crippen MR) is 67.0 cm³/mol. The summed E-state index contributed by atoms with van der Waals surface area (Å²) in [5, 5.41) is 12.5. The van der Waals surface area contributed by atoms with E-state index in [0.29, 0.717) is 23.6 Å². The van der Waals surface area contributed by atoms with Crippen LogP contribution >= 0.6 is 11.6 Å². The summed E-state index contributed by atoms with van der Waals surface area (Å²) in [6, 6.07) is 3.49. The molecule has 94 valence electrons. The topological polar surface area (TPSA) is 66.4 Å². The van der Waals surface area contributed by atoms with E-state index < -0.39 is 11.4 Å². The molecule has 1 aromatic rings. The number of amides is 1. The molecule has 1 fully saturated rings. The van der Waals surface area contributed by atoms with E-state index in [1.807, 2.05) is 6.07 Å². The Balaban J connectivity index is 2.10. The number of halogens is 1. The standard InChI is InChI=1S/C13H12ClNO3/c14-9-6-8(13(12(17)18)2-1-3-13)4-7-5-10(16)15-11(7)9/h4,6H,1-3,5H2,(H,15,16)(H,17,18). The second kappa shape index (κ2) is 3.72. The van der Waals surface area contributed by atoms with Crippen molar-refractivity contribution in [2.24, 2.45) is 0 Å². The van der Waals surface area contributed by atoms with Crippen molar-refractivity contribution in [3.63, 3.8) is 0 Å². The molecular formula is C13H12ClNO3. The van der Waals surface area contributed by atoms with Crippen LogP contribution in [0.5, 0.6) is 0 Å². The number of hydrogen-bond donors (Lipinski definition) is 2. The lowest BCUT2D eigenvalue weighted by molar-refractivity contribution is -0.147. The summed E-state index contributed by atoms with van der Waals surface area (Å²) in [6.45, 7) is 0. The Kier molecular flexibility index (Phi) is 2.38. The summed E-state index contributed by atoms with van der Waals surface area (Å²) in [7, 11) is 0. The summed E-state index contributed by atoms with van der Waals surface area (Å²) in [4.78, 5) is 22.8. The number of fused-ring (bicyclic) bond motifs is 1. The van der Waals surface area contributed by atoms with Gasteiger partial charge in [0.1, 0.15) is 0 Å². The second-order valence-electron chi connectivity index (χ2n) is 4.96. The summed E-state index contributed by atoms with van der Waals surface area (Å²) < 4.78 is 0. The van der Waals surface area contributed by atoms with Crippen molar-refractivity contribution in [2.75, 3.05) is 5.32 Å². The Morgan fingerprint density at radius 1 is 1.39 bits per heavy atom. The first-order valence-electron chi connectivity index (χ1n) is 5.89. The van der Waals surface area contributed by atoms with Gasteiger partial charge in [0, 0.05) is 0 Å². The highest BCUT2D eigenvalue weighted by molar-refractivity contribution is 6.34. The Hall–Kier alpha value is -1.55. The molecule has 0 spiro atoms. The summed E-state index contributed by atoms with van der Waals surface area (Å²) in [5.41, 5.74) is 1.35. The van der Waals surface area contributed by atoms with Crippen LogP contribution in [-0.4, -0.2) is 17.0 Å². The van der Waals surface area contributed by atoms with E-state index in [4.69, 9.17) is 11.6 Å². The van der Waals surface area contributed by atoms with Crippen molar-refractivity contribution in [1.29, 1.82) is 0 Å². The van der Waals surface area contributed by atoms with E-state index in [1.54, 1.807) is 6.07 Å². The van der Waals surface area contributed by atoms with Gasteiger partial charge in [-0.2, -0.15) is 0 Å². The molecule has 2 N–H and O–H groups in total. The SMILES string of the molecule is O=C1Cc2cc(C3(C(=O)O)CCC3)cc(Cl)c2N1. The van der Waals surface area contributed by atoms with Gasteiger partial charge in [-0.15, -0.1) is 0 Å². The maximum Gasteiger partial charge on any atom is 0.314 e. The van der Waals surface area contributed by atoms with Crippen molar-refractivity contribution in [1.82, 2.24) is 0 Å². The van der Waals surface area contributed by atoms with Gasteiger partial charge in [0.2, 0.25) is 5.91 Å². The smallest absolute Gasteiger partial charge is 0.314 e. The average Bonchev–Trinajstić information content (AvgIpc) is 2.56. The van der Waals surface area contributed by atoms with E-state index in [0.717, 1.165) is 17.5 Å². The van der Waals surface area contributed by atoms with Gasteiger partial charge in [0.15, 0.2) is 0 Å². The predicted octanol–water partition coefficient (Wildman–Crippen LogP) is 2.34. The Morgan fingerprint density at radius 3 is 2.67 bits per heavy atom. The van der Waals surface area contributed by atoms with Crippen molar-refractivity contribution in [3.8, 4) is 0 Å². The number of carboxylic acids is 1. The van der Waals surface area contributed by atoms with Gasteiger partial charge >= 0.3 is 5.97 Å². The molecule has 1 heterocycles. The van der Waals surface area contributed by atoms with E-state index in [-0.39, 0.29) is 12.3 Å². The van der Waals surface area contributed by atoms with Crippen molar-refractivity contribution >= 4 is 29.2 Å².